The molecule has 8 aromatic carbocycles. The second-order valence-corrected chi connectivity index (χ2v) is 28.7. The number of carbonyl (C=O) groups excluding carboxylic acids is 4. The van der Waals surface area contributed by atoms with Crippen molar-refractivity contribution in [1.82, 2.24) is 21.3 Å². The van der Waals surface area contributed by atoms with E-state index in [1.807, 2.05) is 53.7 Å². The van der Waals surface area contributed by atoms with Crippen LogP contribution in [0.2, 0.25) is 0 Å². The number of benzene rings is 8. The number of rotatable bonds is 21. The number of nitrogens with one attached hydrogen (secondary N) is 4. The van der Waals surface area contributed by atoms with Gasteiger partial charge in [0.2, 0.25) is 20.0 Å². The second kappa shape index (κ2) is 27.0. The third-order valence-electron chi connectivity index (χ3n) is 15.6. The number of nitrogens with zero attached hydrogens (tertiary/aromatic N) is 2. The lowest BCUT2D eigenvalue weighted by Gasteiger charge is -2.25. The fourth-order valence-electron chi connectivity index (χ4n) is 11.4. The van der Waals surface area contributed by atoms with Gasteiger partial charge in [-0.1, -0.05) is 30.3 Å². The van der Waals surface area contributed by atoms with Crippen LogP contribution >= 0.6 is 0 Å². The number of fused-ring (bicyclic) bond motifs is 2. The lowest BCUT2D eigenvalue weighted by Crippen LogP contribution is -2.40. The van der Waals surface area contributed by atoms with Gasteiger partial charge in [0.05, 0.1) is 49.2 Å². The number of hydrogen-bond acceptors (Lipinski definition) is 14. The normalized spacial score (nSPS) is 11.9. The van der Waals surface area contributed by atoms with Crippen LogP contribution in [0.25, 0.3) is 78.0 Å². The molecule has 0 aliphatic carbocycles. The molecule has 22 heteroatoms. The Bertz CT molecular complexity index is 4910. The van der Waals surface area contributed by atoms with Crippen molar-refractivity contribution in [1.29, 1.82) is 0 Å². The maximum absolute atomic E-state index is 14.9. The van der Waals surface area contributed by atoms with Crippen molar-refractivity contribution in [3.63, 3.8) is 0 Å². The standard InChI is InChI=1S/C74H76N6O14S2/c1-15-79(95(13,85)86)60-41-63-58(39-54(60)45-19-17-20-47(35-45)69(81)77-73(3,4)5)65(71(83)75-9)67(93-63)44-25-30-49(31-26-44)92-52-32-34-62(90-12)56(38-52)53-33-27-46(36-57(53)70(82)78-74(6,7)8)55-40-59-64(42-61(55)80(16-2)96(14,87)88)94-68(66(59)72(84)76-10)43-23-28-48(29-24-43)91-51-22-18-21-50(37-51)89-11/h17-42H,15-16H2,1-14H3,(H,75,83)(H,76,84)(H,77,81)(H,78,82). The summed E-state index contributed by atoms with van der Waals surface area (Å²) in [4.78, 5) is 56.4. The lowest BCUT2D eigenvalue weighted by molar-refractivity contribution is 0.0910. The number of carbonyl (C=O) groups is 4. The van der Waals surface area contributed by atoms with Gasteiger partial charge in [-0.2, -0.15) is 0 Å². The Morgan fingerprint density at radius 3 is 1.35 bits per heavy atom. The van der Waals surface area contributed by atoms with E-state index in [1.165, 1.54) is 29.8 Å². The first-order valence-corrected chi connectivity index (χ1v) is 34.5. The second-order valence-electron chi connectivity index (χ2n) is 24.9. The van der Waals surface area contributed by atoms with Crippen LogP contribution < -0.4 is 48.8 Å². The monoisotopic (exact) mass is 1340 g/mol. The van der Waals surface area contributed by atoms with Gasteiger partial charge in [0.25, 0.3) is 23.6 Å². The molecule has 4 N–H and O–H groups in total. The summed E-state index contributed by atoms with van der Waals surface area (Å²) in [6.07, 6.45) is 2.21. The van der Waals surface area contributed by atoms with Crippen molar-refractivity contribution in [2.45, 2.75) is 66.5 Å². The van der Waals surface area contributed by atoms with E-state index in [4.69, 9.17) is 27.8 Å². The van der Waals surface area contributed by atoms with Crippen molar-refractivity contribution in [2.75, 3.05) is 62.5 Å². The van der Waals surface area contributed by atoms with Gasteiger partial charge in [0, 0.05) is 106 Å². The zero-order valence-corrected chi connectivity index (χ0v) is 57.5. The van der Waals surface area contributed by atoms with Crippen LogP contribution in [0.1, 0.15) is 96.8 Å². The highest BCUT2D eigenvalue weighted by atomic mass is 32.2. The summed E-state index contributed by atoms with van der Waals surface area (Å²) in [5, 5.41) is 12.3. The van der Waals surface area contributed by atoms with E-state index < -0.39 is 48.8 Å². The molecule has 0 unspecified atom stereocenters. The highest BCUT2D eigenvalue weighted by molar-refractivity contribution is 7.92. The molecule has 0 fully saturated rings. The Morgan fingerprint density at radius 2 is 0.896 bits per heavy atom. The average Bonchev–Trinajstić information content (AvgIpc) is 1.50. The summed E-state index contributed by atoms with van der Waals surface area (Å²) in [5.74, 6) is 1.51. The topological polar surface area (TPSA) is 254 Å². The predicted octanol–water partition coefficient (Wildman–Crippen LogP) is 14.5. The number of furan rings is 2. The number of methoxy groups -OCH3 is 2. The lowest BCUT2D eigenvalue weighted by atomic mass is 9.91. The van der Waals surface area contributed by atoms with Crippen molar-refractivity contribution >= 4 is 77.0 Å². The number of sulfonamides is 2. The fraction of sp³-hybridized carbons (Fsp3) is 0.243. The van der Waals surface area contributed by atoms with Gasteiger partial charge in [0.15, 0.2) is 0 Å². The Morgan fingerprint density at radius 1 is 0.448 bits per heavy atom. The molecule has 4 amide bonds. The quantitative estimate of drug-likeness (QED) is 0.0522. The van der Waals surface area contributed by atoms with Gasteiger partial charge < -0.3 is 49.0 Å². The fourth-order valence-corrected chi connectivity index (χ4v) is 13.4. The summed E-state index contributed by atoms with van der Waals surface area (Å²) in [6.45, 7) is 14.7. The molecule has 0 radical (unpaired) electrons. The first-order chi connectivity index (χ1) is 45.4. The maximum atomic E-state index is 14.9. The van der Waals surface area contributed by atoms with Crippen LogP contribution in [-0.4, -0.2) is 105 Å². The average molecular weight is 1340 g/mol. The zero-order valence-electron chi connectivity index (χ0n) is 55.9. The third-order valence-corrected chi connectivity index (χ3v) is 18.1. The molecule has 0 aliphatic rings. The van der Waals surface area contributed by atoms with Crippen LogP contribution in [0.3, 0.4) is 0 Å². The molecule has 2 aromatic heterocycles. The van der Waals surface area contributed by atoms with Crippen LogP contribution in [0.5, 0.6) is 34.5 Å². The summed E-state index contributed by atoms with van der Waals surface area (Å²) in [7, 11) is -1.71. The van der Waals surface area contributed by atoms with Gasteiger partial charge in [-0.25, -0.2) is 16.8 Å². The predicted molar refractivity (Wildman–Crippen MR) is 376 cm³/mol. The number of hydrogen-bond donors (Lipinski definition) is 4. The molecule has 2 heterocycles. The van der Waals surface area contributed by atoms with E-state index >= 15 is 0 Å². The van der Waals surface area contributed by atoms with Gasteiger partial charge in [0.1, 0.15) is 57.2 Å². The molecule has 0 atom stereocenters. The van der Waals surface area contributed by atoms with E-state index in [-0.39, 0.29) is 69.7 Å². The smallest absolute Gasteiger partial charge is 0.255 e. The number of anilines is 2. The Balaban J connectivity index is 1.04. The van der Waals surface area contributed by atoms with Gasteiger partial charge in [-0.3, -0.25) is 27.8 Å². The summed E-state index contributed by atoms with van der Waals surface area (Å²) < 4.78 is 93.8. The summed E-state index contributed by atoms with van der Waals surface area (Å²) in [6, 6.07) is 44.8. The van der Waals surface area contributed by atoms with Crippen molar-refractivity contribution in [3.8, 4) is 90.5 Å². The van der Waals surface area contributed by atoms with Crippen LogP contribution in [0.4, 0.5) is 11.4 Å². The Hall–Kier alpha value is -10.6. The number of amides is 4. The highest BCUT2D eigenvalue weighted by Gasteiger charge is 2.31. The van der Waals surface area contributed by atoms with Crippen LogP contribution in [0.15, 0.2) is 167 Å². The molecule has 0 saturated carbocycles. The van der Waals surface area contributed by atoms with Crippen molar-refractivity contribution in [2.24, 2.45) is 0 Å². The minimum Gasteiger partial charge on any atom is -0.497 e. The van der Waals surface area contributed by atoms with Crippen molar-refractivity contribution < 1.29 is 63.8 Å². The molecule has 96 heavy (non-hydrogen) atoms. The SMILES string of the molecule is CCN(c1cc2oc(-c3ccc(Oc4ccc(OC)c(-c5ccc(-c6cc7c(C(=O)NC)c(-c8ccc(Oc9cccc(OC)c9)cc8)oc7cc6N(CC)S(C)(=O)=O)cc5C(=O)NC(C)(C)C)c4)cc3)c(C(=O)NC)c2cc1-c1cccc(C(=O)NC(C)(C)C)c1)S(C)(=O)=O. The summed E-state index contributed by atoms with van der Waals surface area (Å²) >= 11 is 0. The molecule has 10 rings (SSSR count). The van der Waals surface area contributed by atoms with Gasteiger partial charge in [-0.15, -0.1) is 0 Å². The molecule has 0 saturated heterocycles. The molecule has 0 aliphatic heterocycles. The summed E-state index contributed by atoms with van der Waals surface area (Å²) in [5.41, 5.74) is 4.35. The van der Waals surface area contributed by atoms with E-state index in [1.54, 1.807) is 167 Å². The molecule has 20 nitrogen and oxygen atoms in total. The molecule has 498 valence electrons. The van der Waals surface area contributed by atoms with E-state index in [0.717, 1.165) is 12.5 Å². The van der Waals surface area contributed by atoms with Gasteiger partial charge >= 0.3 is 0 Å². The Labute approximate surface area is 558 Å². The van der Waals surface area contributed by atoms with Crippen LogP contribution in [-0.2, 0) is 20.0 Å². The minimum atomic E-state index is -3.94. The highest BCUT2D eigenvalue weighted by Crippen LogP contribution is 2.46. The first kappa shape index (κ1) is 68.3. The molecular formula is C74H76N6O14S2. The number of ether oxygens (including phenoxy) is 4. The minimum absolute atomic E-state index is 0.0217. The zero-order chi connectivity index (χ0) is 69.3. The first-order valence-electron chi connectivity index (χ1n) is 30.8. The largest absolute Gasteiger partial charge is 0.497 e. The van der Waals surface area contributed by atoms with E-state index in [2.05, 4.69) is 21.3 Å². The third kappa shape index (κ3) is 14.5. The molecule has 10 aromatic rings. The van der Waals surface area contributed by atoms with E-state index in [0.29, 0.717) is 95.3 Å². The molecule has 0 bridgehead atoms. The molecular weight excluding hydrogens is 1260 g/mol. The molecule has 0 spiro atoms. The van der Waals surface area contributed by atoms with E-state index in [9.17, 15) is 36.0 Å². The van der Waals surface area contributed by atoms with Crippen molar-refractivity contribution in [3.05, 3.63) is 180 Å². The maximum Gasteiger partial charge on any atom is 0.255 e. The van der Waals surface area contributed by atoms with Crippen LogP contribution in [0, 0.1) is 0 Å². The Kier molecular flexibility index (Phi) is 19.2. The van der Waals surface area contributed by atoms with Gasteiger partial charge in [-0.05, 0) is 181 Å².